The Balaban J connectivity index is 2.30. The van der Waals surface area contributed by atoms with Gasteiger partial charge < -0.3 is 11.5 Å². The number of rotatable bonds is 0. The van der Waals surface area contributed by atoms with Gasteiger partial charge in [-0.2, -0.15) is 0 Å². The molecule has 44 valence electrons. The van der Waals surface area contributed by atoms with E-state index in [1.165, 1.54) is 0 Å². The lowest BCUT2D eigenvalue weighted by atomic mass is 10.1. The van der Waals surface area contributed by atoms with Crippen molar-refractivity contribution in [2.75, 3.05) is 0 Å². The third kappa shape index (κ3) is 0.342. The van der Waals surface area contributed by atoms with Gasteiger partial charge in [0.2, 0.25) is 0 Å². The van der Waals surface area contributed by atoms with E-state index in [9.17, 15) is 0 Å². The molecule has 3 heteroatoms. The molecule has 0 aromatic rings. The molecular weight excluding hydrogens is 120 g/mol. The lowest BCUT2D eigenvalue weighted by Gasteiger charge is -2.42. The summed E-state index contributed by atoms with van der Waals surface area (Å²) in [5, 5.41) is 0.792. The molecule has 2 unspecified atom stereocenters. The highest BCUT2D eigenvalue weighted by Crippen LogP contribution is 2.47. The average Bonchev–Trinajstić information content (AvgIpc) is 2.18. The minimum Gasteiger partial charge on any atom is -0.311 e. The molecule has 2 bridgehead atoms. The zero-order chi connectivity index (χ0) is 5.78. The molecule has 1 saturated heterocycles. The maximum Gasteiger partial charge on any atom is 0.0952 e. The number of thioether (sulfide) groups is 1. The fourth-order valence-corrected chi connectivity index (χ4v) is 2.33. The molecule has 0 aromatic heterocycles. The molecule has 4 N–H and O–H groups in total. The Hall–Kier alpha value is 0.01000. The van der Waals surface area contributed by atoms with Crippen molar-refractivity contribution in [2.45, 2.75) is 16.2 Å². The molecular formula is C5H8N2S. The van der Waals surface area contributed by atoms with E-state index in [0.717, 1.165) is 0 Å². The molecule has 3 aliphatic rings. The van der Waals surface area contributed by atoms with Gasteiger partial charge in [-0.05, 0) is 0 Å². The Morgan fingerprint density at radius 1 is 1.25 bits per heavy atom. The summed E-state index contributed by atoms with van der Waals surface area (Å²) in [4.78, 5) is 0. The van der Waals surface area contributed by atoms with Crippen molar-refractivity contribution in [3.05, 3.63) is 12.2 Å². The van der Waals surface area contributed by atoms with Gasteiger partial charge in [0, 0.05) is 0 Å². The van der Waals surface area contributed by atoms with Crippen LogP contribution in [-0.2, 0) is 0 Å². The van der Waals surface area contributed by atoms with Crippen LogP contribution in [0.5, 0.6) is 0 Å². The van der Waals surface area contributed by atoms with E-state index in [-0.39, 0.29) is 0 Å². The summed E-state index contributed by atoms with van der Waals surface area (Å²) < 4.78 is 0. The van der Waals surface area contributed by atoms with Crippen LogP contribution in [0.15, 0.2) is 12.2 Å². The van der Waals surface area contributed by atoms with E-state index in [4.69, 9.17) is 11.5 Å². The fraction of sp³-hybridized carbons (Fsp3) is 0.600. The van der Waals surface area contributed by atoms with Crippen LogP contribution in [0.1, 0.15) is 0 Å². The van der Waals surface area contributed by atoms with Crippen molar-refractivity contribution in [3.8, 4) is 0 Å². The van der Waals surface area contributed by atoms with Crippen molar-refractivity contribution in [1.82, 2.24) is 0 Å². The van der Waals surface area contributed by atoms with Crippen LogP contribution in [0, 0.1) is 0 Å². The van der Waals surface area contributed by atoms with Gasteiger partial charge in [0.1, 0.15) is 0 Å². The Morgan fingerprint density at radius 2 is 1.75 bits per heavy atom. The maximum atomic E-state index is 5.67. The van der Waals surface area contributed by atoms with Gasteiger partial charge in [0.15, 0.2) is 0 Å². The van der Waals surface area contributed by atoms with Crippen LogP contribution >= 0.6 is 11.8 Å². The van der Waals surface area contributed by atoms with Gasteiger partial charge >= 0.3 is 0 Å². The SMILES string of the molecule is NC1(N)C2C=CC1S2. The molecule has 0 spiro atoms. The molecule has 2 atom stereocenters. The van der Waals surface area contributed by atoms with Crippen LogP contribution in [0.3, 0.4) is 0 Å². The number of nitrogens with two attached hydrogens (primary N) is 2. The minimum absolute atomic E-state index is 0.396. The first-order valence-corrected chi connectivity index (χ1v) is 3.57. The van der Waals surface area contributed by atoms with Crippen LogP contribution in [0.25, 0.3) is 0 Å². The van der Waals surface area contributed by atoms with Gasteiger partial charge in [-0.15, -0.1) is 11.8 Å². The summed E-state index contributed by atoms with van der Waals surface area (Å²) in [5.74, 6) is 0. The Labute approximate surface area is 52.3 Å². The lowest BCUT2D eigenvalue weighted by molar-refractivity contribution is 0.462. The normalized spacial score (nSPS) is 46.8. The summed E-state index contributed by atoms with van der Waals surface area (Å²) in [6.07, 6.45) is 4.19. The van der Waals surface area contributed by atoms with Crippen molar-refractivity contribution < 1.29 is 0 Å². The third-order valence-electron chi connectivity index (χ3n) is 1.74. The first kappa shape index (κ1) is 4.85. The smallest absolute Gasteiger partial charge is 0.0952 e. The monoisotopic (exact) mass is 128 g/mol. The summed E-state index contributed by atoms with van der Waals surface area (Å²) in [7, 11) is 0. The highest BCUT2D eigenvalue weighted by atomic mass is 32.2. The highest BCUT2D eigenvalue weighted by Gasteiger charge is 2.52. The van der Waals surface area contributed by atoms with E-state index in [1.54, 1.807) is 0 Å². The number of hydrogen-bond acceptors (Lipinski definition) is 3. The van der Waals surface area contributed by atoms with E-state index >= 15 is 0 Å². The summed E-state index contributed by atoms with van der Waals surface area (Å²) >= 11 is 1.84. The van der Waals surface area contributed by atoms with Crippen LogP contribution in [0.4, 0.5) is 0 Å². The predicted molar refractivity (Wildman–Crippen MR) is 35.4 cm³/mol. The topological polar surface area (TPSA) is 52.0 Å². The standard InChI is InChI=1S/C5H8N2S/c6-5(7)3-1-2-4(5)8-3/h1-4H,6-7H2. The third-order valence-corrected chi connectivity index (χ3v) is 3.46. The van der Waals surface area contributed by atoms with E-state index in [2.05, 4.69) is 12.2 Å². The van der Waals surface area contributed by atoms with Crippen LogP contribution in [0.2, 0.25) is 0 Å². The van der Waals surface area contributed by atoms with Crippen molar-refractivity contribution in [2.24, 2.45) is 11.5 Å². The second-order valence-corrected chi connectivity index (χ2v) is 3.65. The Bertz CT molecular complexity index is 139. The molecule has 0 radical (unpaired) electrons. The van der Waals surface area contributed by atoms with E-state index in [1.807, 2.05) is 11.8 Å². The van der Waals surface area contributed by atoms with Gasteiger partial charge in [-0.3, -0.25) is 0 Å². The van der Waals surface area contributed by atoms with Gasteiger partial charge in [0.25, 0.3) is 0 Å². The zero-order valence-electron chi connectivity index (χ0n) is 4.37. The molecule has 2 aliphatic heterocycles. The maximum absolute atomic E-state index is 5.67. The van der Waals surface area contributed by atoms with Crippen molar-refractivity contribution >= 4 is 11.8 Å². The molecule has 2 heterocycles. The Kier molecular flexibility index (Phi) is 0.681. The molecule has 1 fully saturated rings. The van der Waals surface area contributed by atoms with Crippen molar-refractivity contribution in [1.29, 1.82) is 0 Å². The second kappa shape index (κ2) is 1.12. The zero-order valence-corrected chi connectivity index (χ0v) is 5.19. The van der Waals surface area contributed by atoms with E-state index < -0.39 is 5.66 Å². The first-order chi connectivity index (χ1) is 3.71. The minimum atomic E-state index is -0.398. The Morgan fingerprint density at radius 3 is 1.88 bits per heavy atom. The summed E-state index contributed by atoms with van der Waals surface area (Å²) in [6, 6.07) is 0. The van der Waals surface area contributed by atoms with Gasteiger partial charge in [0.05, 0.1) is 16.2 Å². The van der Waals surface area contributed by atoms with Gasteiger partial charge in [-0.25, -0.2) is 0 Å². The molecule has 8 heavy (non-hydrogen) atoms. The lowest BCUT2D eigenvalue weighted by Crippen LogP contribution is -2.67. The van der Waals surface area contributed by atoms with Gasteiger partial charge in [-0.1, -0.05) is 12.2 Å². The largest absolute Gasteiger partial charge is 0.311 e. The summed E-state index contributed by atoms with van der Waals surface area (Å²) in [5.41, 5.74) is 10.9. The van der Waals surface area contributed by atoms with Crippen LogP contribution < -0.4 is 11.5 Å². The van der Waals surface area contributed by atoms with E-state index in [0.29, 0.717) is 10.5 Å². The molecule has 3 rings (SSSR count). The summed E-state index contributed by atoms with van der Waals surface area (Å²) in [6.45, 7) is 0. The predicted octanol–water partition coefficient (Wildman–Crippen LogP) is -0.346. The number of hydrogen-bond donors (Lipinski definition) is 2. The fourth-order valence-electron chi connectivity index (χ4n) is 1.11. The molecule has 2 nitrogen and oxygen atoms in total. The molecule has 0 saturated carbocycles. The average molecular weight is 128 g/mol. The molecule has 0 amide bonds. The second-order valence-electron chi connectivity index (χ2n) is 2.36. The van der Waals surface area contributed by atoms with Crippen molar-refractivity contribution in [3.63, 3.8) is 0 Å². The first-order valence-electron chi connectivity index (χ1n) is 2.63. The highest BCUT2D eigenvalue weighted by molar-refractivity contribution is 8.02. The quantitative estimate of drug-likeness (QED) is 0.346. The van der Waals surface area contributed by atoms with Crippen LogP contribution in [-0.4, -0.2) is 16.2 Å². The molecule has 1 aliphatic carbocycles. The molecule has 0 aromatic carbocycles.